The monoisotopic (exact) mass is 280 g/mol. The molecule has 1 heterocycles. The summed E-state index contributed by atoms with van der Waals surface area (Å²) in [5.41, 5.74) is 7.52. The Morgan fingerprint density at radius 2 is 2.21 bits per heavy atom. The van der Waals surface area contributed by atoms with E-state index in [1.54, 1.807) is 36.9 Å². The van der Waals surface area contributed by atoms with Gasteiger partial charge >= 0.3 is 5.97 Å². The molecule has 2 rings (SSSR count). The predicted molar refractivity (Wildman–Crippen MR) is 75.4 cm³/mol. The van der Waals surface area contributed by atoms with Crippen molar-refractivity contribution in [1.82, 2.24) is 4.90 Å². The maximum atomic E-state index is 12.5. The Kier molecular flexibility index (Phi) is 3.99. The van der Waals surface area contributed by atoms with E-state index in [-0.39, 0.29) is 5.91 Å². The zero-order valence-corrected chi connectivity index (χ0v) is 11.4. The van der Waals surface area contributed by atoms with Gasteiger partial charge in [0.15, 0.2) is 0 Å². The van der Waals surface area contributed by atoms with Crippen molar-refractivity contribution in [2.75, 3.05) is 23.8 Å². The molecule has 0 spiro atoms. The van der Waals surface area contributed by atoms with E-state index < -0.39 is 12.0 Å². The highest BCUT2D eigenvalue weighted by Crippen LogP contribution is 2.22. The van der Waals surface area contributed by atoms with Crippen LogP contribution < -0.4 is 5.73 Å². The second-order valence-electron chi connectivity index (χ2n) is 4.45. The van der Waals surface area contributed by atoms with Crippen molar-refractivity contribution in [1.29, 1.82) is 0 Å². The molecule has 3 N–H and O–H groups in total. The number of aliphatic carboxylic acids is 1. The van der Waals surface area contributed by atoms with Gasteiger partial charge in [-0.05, 0) is 24.6 Å². The Morgan fingerprint density at radius 3 is 2.89 bits per heavy atom. The molecule has 1 fully saturated rings. The van der Waals surface area contributed by atoms with Crippen molar-refractivity contribution in [2.45, 2.75) is 13.0 Å². The molecule has 5 nitrogen and oxygen atoms in total. The van der Waals surface area contributed by atoms with Crippen LogP contribution in [0, 0.1) is 6.92 Å². The summed E-state index contributed by atoms with van der Waals surface area (Å²) in [4.78, 5) is 25.1. The third-order valence-electron chi connectivity index (χ3n) is 3.28. The summed E-state index contributed by atoms with van der Waals surface area (Å²) < 4.78 is 0. The summed E-state index contributed by atoms with van der Waals surface area (Å²) in [6.45, 7) is 2.23. The van der Waals surface area contributed by atoms with Gasteiger partial charge in [0.1, 0.15) is 6.04 Å². The summed E-state index contributed by atoms with van der Waals surface area (Å²) in [6, 6.07) is 4.37. The van der Waals surface area contributed by atoms with Crippen LogP contribution in [0.2, 0.25) is 0 Å². The molecule has 1 amide bonds. The Balaban J connectivity index is 2.31. The van der Waals surface area contributed by atoms with Crippen LogP contribution in [0.15, 0.2) is 18.2 Å². The SMILES string of the molecule is Cc1c(N)cccc1C(=O)N1CCSCC1C(=O)O. The molecule has 1 aliphatic heterocycles. The molecule has 0 saturated carbocycles. The van der Waals surface area contributed by atoms with Crippen LogP contribution in [0.25, 0.3) is 0 Å². The molecular weight excluding hydrogens is 264 g/mol. The number of nitrogens with two attached hydrogens (primary N) is 1. The van der Waals surface area contributed by atoms with Gasteiger partial charge in [0.05, 0.1) is 0 Å². The number of carboxylic acids is 1. The number of thioether (sulfide) groups is 1. The van der Waals surface area contributed by atoms with Crippen LogP contribution in [0.1, 0.15) is 15.9 Å². The zero-order chi connectivity index (χ0) is 14.0. The summed E-state index contributed by atoms with van der Waals surface area (Å²) >= 11 is 1.56. The molecule has 1 saturated heterocycles. The van der Waals surface area contributed by atoms with E-state index in [4.69, 9.17) is 5.73 Å². The molecule has 1 aromatic rings. The molecule has 102 valence electrons. The molecule has 1 aromatic carbocycles. The highest BCUT2D eigenvalue weighted by molar-refractivity contribution is 7.99. The average molecular weight is 280 g/mol. The van der Waals surface area contributed by atoms with Crippen LogP contribution in [-0.4, -0.2) is 46.0 Å². The molecule has 0 radical (unpaired) electrons. The molecule has 1 unspecified atom stereocenters. The van der Waals surface area contributed by atoms with Crippen molar-refractivity contribution in [3.8, 4) is 0 Å². The Hall–Kier alpha value is -1.69. The minimum absolute atomic E-state index is 0.252. The van der Waals surface area contributed by atoms with Gasteiger partial charge in [-0.2, -0.15) is 11.8 Å². The van der Waals surface area contributed by atoms with Gasteiger partial charge in [-0.1, -0.05) is 6.07 Å². The molecule has 0 aromatic heterocycles. The van der Waals surface area contributed by atoms with E-state index in [0.29, 0.717) is 29.1 Å². The van der Waals surface area contributed by atoms with Crippen molar-refractivity contribution >= 4 is 29.3 Å². The molecule has 19 heavy (non-hydrogen) atoms. The first-order valence-electron chi connectivity index (χ1n) is 5.99. The molecule has 1 aliphatic rings. The van der Waals surface area contributed by atoms with Crippen LogP contribution in [-0.2, 0) is 4.79 Å². The number of rotatable bonds is 2. The predicted octanol–water partition coefficient (Wildman–Crippen LogP) is 1.22. The maximum absolute atomic E-state index is 12.5. The first kappa shape index (κ1) is 13.7. The number of benzene rings is 1. The first-order chi connectivity index (χ1) is 9.02. The fourth-order valence-corrected chi connectivity index (χ4v) is 3.13. The summed E-state index contributed by atoms with van der Waals surface area (Å²) in [6.07, 6.45) is 0. The fraction of sp³-hybridized carbons (Fsp3) is 0.385. The van der Waals surface area contributed by atoms with E-state index in [1.165, 1.54) is 4.90 Å². The lowest BCUT2D eigenvalue weighted by Crippen LogP contribution is -2.50. The minimum atomic E-state index is -0.956. The number of amides is 1. The highest BCUT2D eigenvalue weighted by Gasteiger charge is 2.33. The first-order valence-corrected chi connectivity index (χ1v) is 7.14. The lowest BCUT2D eigenvalue weighted by molar-refractivity contribution is -0.141. The van der Waals surface area contributed by atoms with Crippen LogP contribution in [0.3, 0.4) is 0 Å². The quantitative estimate of drug-likeness (QED) is 0.796. The second-order valence-corrected chi connectivity index (χ2v) is 5.60. The number of carbonyl (C=O) groups is 2. The number of anilines is 1. The number of carbonyl (C=O) groups excluding carboxylic acids is 1. The molecular formula is C13H16N2O3S. The van der Waals surface area contributed by atoms with Crippen LogP contribution in [0.4, 0.5) is 5.69 Å². The van der Waals surface area contributed by atoms with E-state index in [0.717, 1.165) is 5.75 Å². The minimum Gasteiger partial charge on any atom is -0.480 e. The van der Waals surface area contributed by atoms with Crippen molar-refractivity contribution in [3.63, 3.8) is 0 Å². The van der Waals surface area contributed by atoms with Gasteiger partial charge in [0, 0.05) is 29.3 Å². The lowest BCUT2D eigenvalue weighted by Gasteiger charge is -2.33. The topological polar surface area (TPSA) is 83.6 Å². The number of hydrogen-bond acceptors (Lipinski definition) is 4. The number of nitrogens with zero attached hydrogens (tertiary/aromatic N) is 1. The number of nitrogen functional groups attached to an aromatic ring is 1. The van der Waals surface area contributed by atoms with Gasteiger partial charge < -0.3 is 15.7 Å². The Labute approximate surface area is 115 Å². The van der Waals surface area contributed by atoms with Crippen LogP contribution in [0.5, 0.6) is 0 Å². The highest BCUT2D eigenvalue weighted by atomic mass is 32.2. The van der Waals surface area contributed by atoms with E-state index in [9.17, 15) is 14.7 Å². The van der Waals surface area contributed by atoms with Crippen LogP contribution >= 0.6 is 11.8 Å². The maximum Gasteiger partial charge on any atom is 0.327 e. The third-order valence-corrected chi connectivity index (χ3v) is 4.30. The summed E-state index contributed by atoms with van der Waals surface area (Å²) in [5, 5.41) is 9.20. The number of hydrogen-bond donors (Lipinski definition) is 2. The third kappa shape index (κ3) is 2.68. The van der Waals surface area contributed by atoms with Gasteiger partial charge in [-0.3, -0.25) is 4.79 Å². The van der Waals surface area contributed by atoms with Crippen molar-refractivity contribution in [3.05, 3.63) is 29.3 Å². The lowest BCUT2D eigenvalue weighted by atomic mass is 10.0. The van der Waals surface area contributed by atoms with Gasteiger partial charge in [-0.25, -0.2) is 4.79 Å². The molecule has 6 heteroatoms. The smallest absolute Gasteiger partial charge is 0.327 e. The van der Waals surface area contributed by atoms with Gasteiger partial charge in [0.25, 0.3) is 5.91 Å². The number of carboxylic acid groups (broad SMARTS) is 1. The summed E-state index contributed by atoms with van der Waals surface area (Å²) in [7, 11) is 0. The Bertz CT molecular complexity index is 519. The summed E-state index contributed by atoms with van der Waals surface area (Å²) in [5.74, 6) is -0.0149. The second kappa shape index (κ2) is 5.52. The van der Waals surface area contributed by atoms with Crippen molar-refractivity contribution in [2.24, 2.45) is 0 Å². The molecule has 0 aliphatic carbocycles. The van der Waals surface area contributed by atoms with E-state index in [1.807, 2.05) is 0 Å². The standard InChI is InChI=1S/C13H16N2O3S/c1-8-9(3-2-4-10(8)14)12(16)15-5-6-19-7-11(15)13(17)18/h2-4,11H,5-7,14H2,1H3,(H,17,18). The fourth-order valence-electron chi connectivity index (χ4n) is 2.09. The average Bonchev–Trinajstić information content (AvgIpc) is 2.41. The van der Waals surface area contributed by atoms with E-state index in [2.05, 4.69) is 0 Å². The Morgan fingerprint density at radius 1 is 1.47 bits per heavy atom. The largest absolute Gasteiger partial charge is 0.480 e. The van der Waals surface area contributed by atoms with E-state index >= 15 is 0 Å². The van der Waals surface area contributed by atoms with Gasteiger partial charge in [-0.15, -0.1) is 0 Å². The molecule has 0 bridgehead atoms. The van der Waals surface area contributed by atoms with Gasteiger partial charge in [0.2, 0.25) is 0 Å². The van der Waals surface area contributed by atoms with Crippen molar-refractivity contribution < 1.29 is 14.7 Å². The zero-order valence-electron chi connectivity index (χ0n) is 10.6. The molecule has 1 atom stereocenters. The normalized spacial score (nSPS) is 19.2.